The van der Waals surface area contributed by atoms with Crippen LogP contribution in [0.1, 0.15) is 22.3 Å². The fourth-order valence-electron chi connectivity index (χ4n) is 10.7. The van der Waals surface area contributed by atoms with Gasteiger partial charge < -0.3 is 13.7 Å². The lowest BCUT2D eigenvalue weighted by molar-refractivity contribution is 0.668. The Labute approximate surface area is 406 Å². The molecule has 70 heavy (non-hydrogen) atoms. The molecule has 0 fully saturated rings. The molecular formula is C67H45NO2. The van der Waals surface area contributed by atoms with Gasteiger partial charge in [-0.25, -0.2) is 0 Å². The van der Waals surface area contributed by atoms with E-state index in [1.54, 1.807) is 0 Å². The molecule has 3 nitrogen and oxygen atoms in total. The number of furan rings is 2. The summed E-state index contributed by atoms with van der Waals surface area (Å²) in [4.78, 5) is 2.36. The van der Waals surface area contributed by atoms with E-state index >= 15 is 0 Å². The number of nitrogens with zero attached hydrogens (tertiary/aromatic N) is 1. The molecule has 0 atom stereocenters. The summed E-state index contributed by atoms with van der Waals surface area (Å²) >= 11 is 0. The zero-order valence-electron chi connectivity index (χ0n) is 38.2. The molecule has 13 aromatic rings. The average molecular weight is 896 g/mol. The minimum Gasteiger partial charge on any atom is -0.456 e. The molecule has 13 rings (SSSR count). The molecule has 0 bridgehead atoms. The second-order valence-electron chi connectivity index (χ2n) is 18.0. The van der Waals surface area contributed by atoms with E-state index in [1.165, 1.54) is 22.3 Å². The van der Waals surface area contributed by atoms with Crippen LogP contribution in [0, 0.1) is 0 Å². The Balaban J connectivity index is 0.895. The van der Waals surface area contributed by atoms with E-state index in [-0.39, 0.29) is 0 Å². The smallest absolute Gasteiger partial charge is 0.135 e. The summed E-state index contributed by atoms with van der Waals surface area (Å²) in [6, 6.07) is 98.1. The van der Waals surface area contributed by atoms with Gasteiger partial charge in [-0.15, -0.1) is 0 Å². The van der Waals surface area contributed by atoms with E-state index in [0.717, 1.165) is 94.3 Å². The number of anilines is 3. The Morgan fingerprint density at radius 2 is 0.586 bits per heavy atom. The van der Waals surface area contributed by atoms with Crippen LogP contribution in [0.4, 0.5) is 17.1 Å². The number of para-hydroxylation sites is 2. The minimum absolute atomic E-state index is 0.518. The van der Waals surface area contributed by atoms with E-state index in [1.807, 2.05) is 24.3 Å². The van der Waals surface area contributed by atoms with Crippen molar-refractivity contribution in [1.82, 2.24) is 0 Å². The predicted octanol–water partition coefficient (Wildman–Crippen LogP) is 18.3. The van der Waals surface area contributed by atoms with Crippen LogP contribution in [-0.2, 0) is 5.41 Å². The zero-order chi connectivity index (χ0) is 46.4. The maximum atomic E-state index is 6.17. The molecular weight excluding hydrogens is 851 g/mol. The van der Waals surface area contributed by atoms with Crippen molar-refractivity contribution in [3.8, 4) is 33.4 Å². The molecule has 0 N–H and O–H groups in total. The first-order valence-corrected chi connectivity index (χ1v) is 23.9. The lowest BCUT2D eigenvalue weighted by Gasteiger charge is -2.37. The van der Waals surface area contributed by atoms with E-state index in [4.69, 9.17) is 8.83 Å². The van der Waals surface area contributed by atoms with Gasteiger partial charge in [0.1, 0.15) is 22.3 Å². The second-order valence-corrected chi connectivity index (χ2v) is 18.0. The molecule has 0 spiro atoms. The van der Waals surface area contributed by atoms with Gasteiger partial charge in [0.15, 0.2) is 0 Å². The van der Waals surface area contributed by atoms with Crippen LogP contribution in [-0.4, -0.2) is 0 Å². The van der Waals surface area contributed by atoms with Crippen LogP contribution in [0.3, 0.4) is 0 Å². The van der Waals surface area contributed by atoms with Crippen molar-refractivity contribution < 1.29 is 8.83 Å². The quantitative estimate of drug-likeness (QED) is 0.128. The zero-order valence-corrected chi connectivity index (χ0v) is 38.2. The number of rotatable bonds is 10. The highest BCUT2D eigenvalue weighted by Crippen LogP contribution is 2.46. The van der Waals surface area contributed by atoms with Gasteiger partial charge in [-0.2, -0.15) is 0 Å². The summed E-state index contributed by atoms with van der Waals surface area (Å²) in [5.74, 6) is 0. The summed E-state index contributed by atoms with van der Waals surface area (Å²) in [7, 11) is 0. The lowest BCUT2D eigenvalue weighted by Crippen LogP contribution is -2.30. The maximum absolute atomic E-state index is 6.17. The fourth-order valence-corrected chi connectivity index (χ4v) is 10.7. The summed E-state index contributed by atoms with van der Waals surface area (Å²) in [6.45, 7) is 0. The number of benzene rings is 11. The highest BCUT2D eigenvalue weighted by molar-refractivity contribution is 6.07. The minimum atomic E-state index is -0.518. The Bertz CT molecular complexity index is 3710. The maximum Gasteiger partial charge on any atom is 0.135 e. The summed E-state index contributed by atoms with van der Waals surface area (Å²) < 4.78 is 12.3. The van der Waals surface area contributed by atoms with Gasteiger partial charge in [-0.05, 0) is 128 Å². The SMILES string of the molecule is c1ccc(C(c2ccccc2)(c2ccccc2)c2ccc(-c3cccc(N(c4ccc(-c5ccc6oc7ccccc7c6c5)cc4)c4ccc(-c5ccc6oc7ccccc7c6c5)cc4)c3)cc2)cc1. The third-order valence-electron chi connectivity index (χ3n) is 14.0. The number of hydrogen-bond donors (Lipinski definition) is 0. The van der Waals surface area contributed by atoms with Gasteiger partial charge >= 0.3 is 0 Å². The molecule has 2 aromatic heterocycles. The van der Waals surface area contributed by atoms with Crippen LogP contribution < -0.4 is 4.90 Å². The average Bonchev–Trinajstić information content (AvgIpc) is 4.01. The summed E-state index contributed by atoms with van der Waals surface area (Å²) in [5, 5.41) is 4.49. The van der Waals surface area contributed by atoms with Crippen molar-refractivity contribution >= 4 is 60.9 Å². The predicted molar refractivity (Wildman–Crippen MR) is 290 cm³/mol. The van der Waals surface area contributed by atoms with Gasteiger partial charge in [0.05, 0.1) is 5.41 Å². The van der Waals surface area contributed by atoms with Crippen LogP contribution >= 0.6 is 0 Å². The Kier molecular flexibility index (Phi) is 10.1. The van der Waals surface area contributed by atoms with E-state index in [9.17, 15) is 0 Å². The van der Waals surface area contributed by atoms with Crippen molar-refractivity contribution in [3.05, 3.63) is 295 Å². The molecule has 2 heterocycles. The van der Waals surface area contributed by atoms with Crippen LogP contribution in [0.15, 0.2) is 282 Å². The molecule has 11 aromatic carbocycles. The van der Waals surface area contributed by atoms with Crippen LogP contribution in [0.25, 0.3) is 77.3 Å². The van der Waals surface area contributed by atoms with Crippen molar-refractivity contribution in [3.63, 3.8) is 0 Å². The Morgan fingerprint density at radius 1 is 0.229 bits per heavy atom. The third kappa shape index (κ3) is 7.07. The molecule has 0 unspecified atom stereocenters. The van der Waals surface area contributed by atoms with Crippen molar-refractivity contribution in [2.75, 3.05) is 4.90 Å². The molecule has 330 valence electrons. The first-order valence-electron chi connectivity index (χ1n) is 23.9. The third-order valence-corrected chi connectivity index (χ3v) is 14.0. The van der Waals surface area contributed by atoms with Gasteiger partial charge in [0.25, 0.3) is 0 Å². The summed E-state index contributed by atoms with van der Waals surface area (Å²) in [5.41, 5.74) is 18.0. The molecule has 0 aliphatic rings. The van der Waals surface area contributed by atoms with E-state index in [2.05, 4.69) is 254 Å². The normalized spacial score (nSPS) is 11.7. The van der Waals surface area contributed by atoms with Crippen molar-refractivity contribution in [2.24, 2.45) is 0 Å². The molecule has 0 amide bonds. The molecule has 0 saturated heterocycles. The Morgan fingerprint density at radius 3 is 1.04 bits per heavy atom. The standard InChI is InChI=1S/C67H45NO2/c1-4-16-52(17-5-1)67(53-18-6-2-7-19-53,54-20-8-3-9-21-54)55-35-27-46(28-36-55)49-15-14-22-58(43-49)68(56-37-29-47(30-38-56)50-33-41-65-61(44-50)59-23-10-12-25-63(59)69-65)57-39-31-48(32-40-57)51-34-42-66-62(45-51)60-24-11-13-26-64(60)70-66/h1-45H. The molecule has 3 heteroatoms. The molecule has 0 aliphatic heterocycles. The molecule has 0 aliphatic carbocycles. The summed E-state index contributed by atoms with van der Waals surface area (Å²) in [6.07, 6.45) is 0. The second kappa shape index (κ2) is 17.2. The first-order chi connectivity index (χ1) is 34.7. The van der Waals surface area contributed by atoms with Gasteiger partial charge in [-0.3, -0.25) is 0 Å². The fraction of sp³-hybridized carbons (Fsp3) is 0.0149. The van der Waals surface area contributed by atoms with Gasteiger partial charge in [-0.1, -0.05) is 200 Å². The topological polar surface area (TPSA) is 29.5 Å². The molecule has 0 radical (unpaired) electrons. The van der Waals surface area contributed by atoms with Crippen molar-refractivity contribution in [2.45, 2.75) is 5.41 Å². The highest BCUT2D eigenvalue weighted by Gasteiger charge is 2.38. The van der Waals surface area contributed by atoms with E-state index in [0.29, 0.717) is 0 Å². The Hall–Kier alpha value is -9.18. The highest BCUT2D eigenvalue weighted by atomic mass is 16.3. The largest absolute Gasteiger partial charge is 0.456 e. The lowest BCUT2D eigenvalue weighted by atomic mass is 9.65. The monoisotopic (exact) mass is 895 g/mol. The van der Waals surface area contributed by atoms with Crippen LogP contribution in [0.2, 0.25) is 0 Å². The first kappa shape index (κ1) is 41.0. The molecule has 0 saturated carbocycles. The van der Waals surface area contributed by atoms with Gasteiger partial charge in [0, 0.05) is 38.6 Å². The van der Waals surface area contributed by atoms with Crippen LogP contribution in [0.5, 0.6) is 0 Å². The number of fused-ring (bicyclic) bond motifs is 6. The van der Waals surface area contributed by atoms with E-state index < -0.39 is 5.41 Å². The van der Waals surface area contributed by atoms with Gasteiger partial charge in [0.2, 0.25) is 0 Å². The van der Waals surface area contributed by atoms with Crippen molar-refractivity contribution in [1.29, 1.82) is 0 Å². The number of hydrogen-bond acceptors (Lipinski definition) is 3.